The number of nitrogens with one attached hydrogen (secondary N) is 1. The fraction of sp³-hybridized carbons (Fsp3) is 0.650. The Labute approximate surface area is 191 Å². The summed E-state index contributed by atoms with van der Waals surface area (Å²) in [6.45, 7) is 7.07. The molecule has 1 aromatic carbocycles. The first kappa shape index (κ1) is 25.1. The minimum absolute atomic E-state index is 0.00566. The molecule has 10 nitrogen and oxygen atoms in total. The van der Waals surface area contributed by atoms with Crippen molar-refractivity contribution in [3.05, 3.63) is 29.3 Å². The Bertz CT molecular complexity index is 1030. The molecular formula is C20H33N5O5S2. The Morgan fingerprint density at radius 1 is 0.906 bits per heavy atom. The normalized spacial score (nSPS) is 19.9. The average molecular weight is 488 g/mol. The molecule has 0 aliphatic carbocycles. The van der Waals surface area contributed by atoms with Crippen LogP contribution in [0, 0.1) is 13.8 Å². The number of hydrogen-bond donors (Lipinski definition) is 1. The zero-order valence-corrected chi connectivity index (χ0v) is 20.6. The van der Waals surface area contributed by atoms with E-state index in [2.05, 4.69) is 9.62 Å². The smallest absolute Gasteiger partial charge is 0.282 e. The van der Waals surface area contributed by atoms with Crippen LogP contribution < -0.4 is 4.72 Å². The Kier molecular flexibility index (Phi) is 7.94. The molecule has 1 aromatic rings. The van der Waals surface area contributed by atoms with E-state index in [0.29, 0.717) is 44.8 Å². The number of sulfonamides is 1. The lowest BCUT2D eigenvalue weighted by Crippen LogP contribution is -2.57. The van der Waals surface area contributed by atoms with Crippen molar-refractivity contribution in [2.75, 3.05) is 66.0 Å². The van der Waals surface area contributed by atoms with Crippen molar-refractivity contribution in [1.29, 1.82) is 0 Å². The summed E-state index contributed by atoms with van der Waals surface area (Å²) < 4.78 is 56.2. The fourth-order valence-corrected chi connectivity index (χ4v) is 6.81. The van der Waals surface area contributed by atoms with Crippen LogP contribution in [-0.4, -0.2) is 107 Å². The molecule has 0 bridgehead atoms. The highest BCUT2D eigenvalue weighted by atomic mass is 32.2. The number of carbonyl (C=O) groups excluding carboxylic acids is 1. The van der Waals surface area contributed by atoms with Crippen LogP contribution in [0.4, 0.5) is 0 Å². The fourth-order valence-electron chi connectivity index (χ4n) is 3.98. The van der Waals surface area contributed by atoms with Crippen LogP contribution in [0.1, 0.15) is 17.5 Å². The van der Waals surface area contributed by atoms with Gasteiger partial charge in [-0.25, -0.2) is 13.1 Å². The van der Waals surface area contributed by atoms with Gasteiger partial charge in [0.2, 0.25) is 15.9 Å². The van der Waals surface area contributed by atoms with E-state index in [9.17, 15) is 21.6 Å². The van der Waals surface area contributed by atoms with E-state index in [-0.39, 0.29) is 36.9 Å². The van der Waals surface area contributed by atoms with Crippen molar-refractivity contribution in [1.82, 2.24) is 23.1 Å². The molecule has 2 fully saturated rings. The molecule has 0 saturated carbocycles. The summed E-state index contributed by atoms with van der Waals surface area (Å²) in [5.74, 6) is -0.190. The van der Waals surface area contributed by atoms with Crippen molar-refractivity contribution in [3.63, 3.8) is 0 Å². The molecule has 12 heteroatoms. The molecule has 2 saturated heterocycles. The summed E-state index contributed by atoms with van der Waals surface area (Å²) in [5, 5.41) is 0. The second-order valence-corrected chi connectivity index (χ2v) is 12.1. The number of piperazine rings is 2. The largest absolute Gasteiger partial charge is 0.340 e. The van der Waals surface area contributed by atoms with Crippen LogP contribution in [-0.2, 0) is 25.0 Å². The van der Waals surface area contributed by atoms with E-state index in [0.717, 1.165) is 5.56 Å². The maximum absolute atomic E-state index is 12.8. The number of hydrogen-bond acceptors (Lipinski definition) is 6. The molecule has 180 valence electrons. The van der Waals surface area contributed by atoms with Crippen LogP contribution in [0.15, 0.2) is 23.1 Å². The molecule has 1 N–H and O–H groups in total. The summed E-state index contributed by atoms with van der Waals surface area (Å²) in [5.41, 5.74) is 1.63. The maximum Gasteiger partial charge on any atom is 0.282 e. The molecule has 0 radical (unpaired) electrons. The monoisotopic (exact) mass is 487 g/mol. The van der Waals surface area contributed by atoms with Gasteiger partial charge in [-0.3, -0.25) is 4.79 Å². The lowest BCUT2D eigenvalue weighted by molar-refractivity contribution is -0.132. The van der Waals surface area contributed by atoms with Gasteiger partial charge in [0.1, 0.15) is 0 Å². The van der Waals surface area contributed by atoms with Gasteiger partial charge in [0.25, 0.3) is 10.2 Å². The Morgan fingerprint density at radius 3 is 2.03 bits per heavy atom. The van der Waals surface area contributed by atoms with Crippen molar-refractivity contribution in [2.45, 2.75) is 25.2 Å². The summed E-state index contributed by atoms with van der Waals surface area (Å²) in [6.07, 6.45) is 0.0232. The topological polar surface area (TPSA) is 110 Å². The van der Waals surface area contributed by atoms with Crippen LogP contribution >= 0.6 is 0 Å². The zero-order valence-electron chi connectivity index (χ0n) is 18.9. The SMILES string of the molecule is Cc1ccc(S(=O)(=O)NCCC(=O)N2CCN(S(=O)(=O)N3CCN(C)CC3)CC2)c(C)c1. The maximum atomic E-state index is 12.8. The van der Waals surface area contributed by atoms with Crippen molar-refractivity contribution in [2.24, 2.45) is 0 Å². The Balaban J connectivity index is 1.47. The van der Waals surface area contributed by atoms with E-state index in [1.807, 2.05) is 14.0 Å². The molecule has 0 aromatic heterocycles. The van der Waals surface area contributed by atoms with Gasteiger partial charge in [0, 0.05) is 65.3 Å². The summed E-state index contributed by atoms with van der Waals surface area (Å²) in [7, 11) is -5.25. The average Bonchev–Trinajstić information content (AvgIpc) is 2.73. The van der Waals surface area contributed by atoms with Crippen molar-refractivity contribution < 1.29 is 21.6 Å². The minimum atomic E-state index is -3.70. The Hall–Kier alpha value is -1.57. The molecule has 32 heavy (non-hydrogen) atoms. The standard InChI is InChI=1S/C20H33N5O5S2/c1-17-4-5-19(18(2)16-17)31(27,28)21-7-6-20(26)23-10-14-25(15-11-23)32(29,30)24-12-8-22(3)9-13-24/h4-5,16,21H,6-15H2,1-3H3. The van der Waals surface area contributed by atoms with Gasteiger partial charge in [-0.15, -0.1) is 0 Å². The van der Waals surface area contributed by atoms with Gasteiger partial charge in [0.15, 0.2) is 0 Å². The first-order valence-corrected chi connectivity index (χ1v) is 13.7. The second kappa shape index (κ2) is 10.1. The predicted octanol–water partition coefficient (Wildman–Crippen LogP) is -0.392. The number of rotatable bonds is 7. The predicted molar refractivity (Wildman–Crippen MR) is 122 cm³/mol. The second-order valence-electron chi connectivity index (χ2n) is 8.41. The number of aryl methyl sites for hydroxylation is 2. The third-order valence-electron chi connectivity index (χ3n) is 5.96. The molecule has 2 aliphatic rings. The van der Waals surface area contributed by atoms with Crippen molar-refractivity contribution in [3.8, 4) is 0 Å². The lowest BCUT2D eigenvalue weighted by atomic mass is 10.2. The Morgan fingerprint density at radius 2 is 1.47 bits per heavy atom. The van der Waals surface area contributed by atoms with Gasteiger partial charge < -0.3 is 9.80 Å². The molecule has 1 amide bonds. The lowest BCUT2D eigenvalue weighted by Gasteiger charge is -2.39. The summed E-state index contributed by atoms with van der Waals surface area (Å²) >= 11 is 0. The number of nitrogens with zero attached hydrogens (tertiary/aromatic N) is 4. The highest BCUT2D eigenvalue weighted by molar-refractivity contribution is 7.89. The third kappa shape index (κ3) is 5.86. The molecule has 0 spiro atoms. The zero-order chi connectivity index (χ0) is 23.5. The highest BCUT2D eigenvalue weighted by Crippen LogP contribution is 2.17. The quantitative estimate of drug-likeness (QED) is 0.561. The van der Waals surface area contributed by atoms with Gasteiger partial charge in [-0.1, -0.05) is 17.7 Å². The van der Waals surface area contributed by atoms with E-state index < -0.39 is 20.2 Å². The number of carbonyl (C=O) groups is 1. The van der Waals surface area contributed by atoms with E-state index in [4.69, 9.17) is 0 Å². The molecular weight excluding hydrogens is 454 g/mol. The number of amides is 1. The van der Waals surface area contributed by atoms with Crippen LogP contribution in [0.5, 0.6) is 0 Å². The van der Waals surface area contributed by atoms with Crippen LogP contribution in [0.2, 0.25) is 0 Å². The molecule has 2 heterocycles. The van der Waals surface area contributed by atoms with Crippen LogP contribution in [0.3, 0.4) is 0 Å². The van der Waals surface area contributed by atoms with E-state index in [1.165, 1.54) is 8.61 Å². The van der Waals surface area contributed by atoms with E-state index >= 15 is 0 Å². The third-order valence-corrected chi connectivity index (χ3v) is 9.61. The molecule has 0 atom stereocenters. The number of benzene rings is 1. The van der Waals surface area contributed by atoms with Crippen molar-refractivity contribution >= 4 is 26.1 Å². The molecule has 0 unspecified atom stereocenters. The highest BCUT2D eigenvalue weighted by Gasteiger charge is 2.34. The molecule has 2 aliphatic heterocycles. The first-order valence-electron chi connectivity index (χ1n) is 10.8. The summed E-state index contributed by atoms with van der Waals surface area (Å²) in [4.78, 5) is 16.4. The van der Waals surface area contributed by atoms with Gasteiger partial charge in [-0.2, -0.15) is 17.0 Å². The molecule has 3 rings (SSSR count). The van der Waals surface area contributed by atoms with E-state index in [1.54, 1.807) is 30.0 Å². The first-order chi connectivity index (χ1) is 15.0. The van der Waals surface area contributed by atoms with Gasteiger partial charge >= 0.3 is 0 Å². The number of likely N-dealkylation sites (N-methyl/N-ethyl adjacent to an activating group) is 1. The van der Waals surface area contributed by atoms with Gasteiger partial charge in [0.05, 0.1) is 4.90 Å². The van der Waals surface area contributed by atoms with Crippen LogP contribution in [0.25, 0.3) is 0 Å². The van der Waals surface area contributed by atoms with Gasteiger partial charge in [-0.05, 0) is 32.5 Å². The minimum Gasteiger partial charge on any atom is -0.340 e. The summed E-state index contributed by atoms with van der Waals surface area (Å²) in [6, 6.07) is 5.10.